The highest BCUT2D eigenvalue weighted by atomic mass is 16.7. The van der Waals surface area contributed by atoms with E-state index in [1.807, 2.05) is 0 Å². The molecule has 0 aromatic carbocycles. The summed E-state index contributed by atoms with van der Waals surface area (Å²) in [5, 5.41) is 8.41. The van der Waals surface area contributed by atoms with Crippen molar-refractivity contribution in [3.05, 3.63) is 11.5 Å². The van der Waals surface area contributed by atoms with E-state index in [0.29, 0.717) is 0 Å². The minimum atomic E-state index is -1.74. The van der Waals surface area contributed by atoms with Crippen LogP contribution in [0.4, 0.5) is 0 Å². The molecule has 12 atom stereocenters. The lowest BCUT2D eigenvalue weighted by Crippen LogP contribution is -2.62. The molecule has 1 aliphatic heterocycles. The Hall–Kier alpha value is -9.12. The third-order valence-electron chi connectivity index (χ3n) is 11.6. The van der Waals surface area contributed by atoms with Gasteiger partial charge in [0.05, 0.1) is 12.6 Å². The molecule has 1 aliphatic rings. The Morgan fingerprint density at radius 2 is 0.743 bits per heavy atom. The maximum Gasteiger partial charge on any atom is 0.308 e. The van der Waals surface area contributed by atoms with Crippen molar-refractivity contribution >= 4 is 107 Å². The number of aliphatic hydroxyl groups excluding tert-OH is 1. The number of allylic oxidation sites excluding steroid dienone is 1. The maximum absolute atomic E-state index is 12.7. The monoisotopic (exact) mass is 1460 g/mol. The summed E-state index contributed by atoms with van der Waals surface area (Å²) < 4.78 is 76.7. The quantitative estimate of drug-likeness (QED) is 0.0424. The maximum atomic E-state index is 12.7. The molecule has 0 spiro atoms. The average molecular weight is 1460 g/mol. The molecule has 0 saturated carbocycles. The van der Waals surface area contributed by atoms with Gasteiger partial charge in [-0.1, -0.05) is 85.1 Å². The van der Waals surface area contributed by atoms with Crippen molar-refractivity contribution in [2.24, 2.45) is 29.4 Å². The van der Waals surface area contributed by atoms with E-state index in [-0.39, 0.29) is 66.1 Å². The number of hydrogen-bond acceptors (Lipinski definition) is 35. The molecule has 0 amide bonds. The SMILES string of the molecule is C.C.C.C.CC(=O)OC1OC(CC(=O)C(C)C)[C@H](OC(C)=O)[C@@H](OC(C)=O)[C@@H]1OC(C)=O.CC(=O)OCC(OC(C)=O)C(OC(C)=O)/C(OC(C)=O)=C(\OC(C)=O)C(=O)C(C)C.CC(=O)OCC(OC(C)=O)C(OC(C)=O)C(OC(C)=O)C(OC(C)=O)C(=O)C(C)C.CC(C)C(=O)C(N)CO. The van der Waals surface area contributed by atoms with Crippen LogP contribution in [0.3, 0.4) is 0 Å². The lowest BCUT2D eigenvalue weighted by molar-refractivity contribution is -0.295. The molecule has 0 aromatic heterocycles. The van der Waals surface area contributed by atoms with Crippen LogP contribution < -0.4 is 5.73 Å². The Bertz CT molecular complexity index is 2820. The second kappa shape index (κ2) is 52.8. The minimum absolute atomic E-state index is 0. The molecule has 3 N–H and O–H groups in total. The van der Waals surface area contributed by atoms with Gasteiger partial charge in [0.1, 0.15) is 25.1 Å². The molecule has 35 nitrogen and oxygen atoms in total. The van der Waals surface area contributed by atoms with Crippen LogP contribution >= 0.6 is 0 Å². The van der Waals surface area contributed by atoms with E-state index in [1.165, 1.54) is 27.7 Å². The zero-order valence-corrected chi connectivity index (χ0v) is 58.6. The van der Waals surface area contributed by atoms with E-state index in [4.69, 9.17) is 81.9 Å². The number of ketones is 4. The number of hydrogen-bond donors (Lipinski definition) is 2. The predicted molar refractivity (Wildman–Crippen MR) is 350 cm³/mol. The molecule has 1 fully saturated rings. The molecule has 0 aliphatic carbocycles. The van der Waals surface area contributed by atoms with Crippen LogP contribution in [-0.2, 0) is 157 Å². The number of Topliss-reactive ketones (excluding diaryl/α,β-unsaturated/α-hetero) is 4. The molecular formula is C66H109NO34. The highest BCUT2D eigenvalue weighted by Crippen LogP contribution is 2.32. The highest BCUT2D eigenvalue weighted by molar-refractivity contribution is 5.98. The van der Waals surface area contributed by atoms with Gasteiger partial charge in [0.25, 0.3) is 0 Å². The molecule has 0 radical (unpaired) electrons. The Kier molecular flexibility index (Phi) is 55.1. The summed E-state index contributed by atoms with van der Waals surface area (Å²) in [6.45, 7) is 26.3. The van der Waals surface area contributed by atoms with Crippen molar-refractivity contribution in [1.82, 2.24) is 0 Å². The van der Waals surface area contributed by atoms with E-state index in [1.54, 1.807) is 27.7 Å². The number of nitrogens with two attached hydrogens (primary N) is 1. The highest BCUT2D eigenvalue weighted by Gasteiger charge is 2.54. The molecule has 101 heavy (non-hydrogen) atoms. The second-order valence-corrected chi connectivity index (χ2v) is 22.1. The standard InChI is InChI=1S/C19H28O11.C19H26O11.C18H26O10.C6H13NO2.4CH4/c2*1-9(2)16(25)18(29-13(6)23)19(30-14(7)24)17(28-12(5)22)15(27-11(4)21)8-26-10(3)20;1-8(2)13(23)7-14-15(24-9(3)19)16(25-10(4)20)17(26-11(5)21)18(28-14)27-12(6)22;1-4(2)6(9)5(7)3-8;;;;/h9,15,17-19H,8H2,1-7H3;9,15,17H,8H2,1-7H3;8,14-18H,7H2,1-6H3;4-5,8H,3,7H2,1-2H3;4*1H4/b;19-18+;;;;;;/t;;14?,15-,16+,17-,18?;;;;;/m..0...../s1. The van der Waals surface area contributed by atoms with Gasteiger partial charge in [0.2, 0.25) is 36.1 Å². The van der Waals surface area contributed by atoms with Crippen LogP contribution in [0.1, 0.15) is 188 Å². The van der Waals surface area contributed by atoms with E-state index in [2.05, 4.69) is 0 Å². The smallest absolute Gasteiger partial charge is 0.308 e. The predicted octanol–water partition coefficient (Wildman–Crippen LogP) is 4.24. The molecule has 1 saturated heterocycles. The van der Waals surface area contributed by atoms with Crippen LogP contribution in [0.15, 0.2) is 11.5 Å². The molecule has 1 heterocycles. The van der Waals surface area contributed by atoms with Crippen LogP contribution in [0.5, 0.6) is 0 Å². The zero-order chi connectivity index (χ0) is 76.2. The summed E-state index contributed by atoms with van der Waals surface area (Å²) in [6, 6.07) is -0.690. The van der Waals surface area contributed by atoms with E-state index in [9.17, 15) is 86.3 Å². The molecular weight excluding hydrogens is 1350 g/mol. The second-order valence-electron chi connectivity index (χ2n) is 22.1. The van der Waals surface area contributed by atoms with E-state index in [0.717, 1.165) is 96.9 Å². The molecule has 0 bridgehead atoms. The summed E-state index contributed by atoms with van der Waals surface area (Å²) in [5.41, 5.74) is 5.22. The Labute approximate surface area is 590 Å². The van der Waals surface area contributed by atoms with Crippen molar-refractivity contribution in [3.8, 4) is 0 Å². The van der Waals surface area contributed by atoms with Crippen LogP contribution in [0.2, 0.25) is 0 Å². The Morgan fingerprint density at radius 3 is 1.08 bits per heavy atom. The van der Waals surface area contributed by atoms with Gasteiger partial charge in [0, 0.05) is 127 Å². The summed E-state index contributed by atoms with van der Waals surface area (Å²) in [5.74, 6) is -16.4. The number of esters is 14. The van der Waals surface area contributed by atoms with Crippen molar-refractivity contribution in [3.63, 3.8) is 0 Å². The van der Waals surface area contributed by atoms with Gasteiger partial charge in [0.15, 0.2) is 53.9 Å². The first kappa shape index (κ1) is 105. The molecule has 35 heteroatoms. The summed E-state index contributed by atoms with van der Waals surface area (Å²) in [7, 11) is 0. The van der Waals surface area contributed by atoms with Crippen LogP contribution in [0, 0.1) is 23.7 Å². The van der Waals surface area contributed by atoms with Gasteiger partial charge in [-0.2, -0.15) is 0 Å². The fourth-order valence-electron chi connectivity index (χ4n) is 7.76. The third kappa shape index (κ3) is 44.6. The van der Waals surface area contributed by atoms with Gasteiger partial charge in [-0.15, -0.1) is 0 Å². The van der Waals surface area contributed by atoms with Crippen molar-refractivity contribution in [2.75, 3.05) is 19.8 Å². The fraction of sp³-hybridized carbons (Fsp3) is 0.697. The first-order valence-electron chi connectivity index (χ1n) is 29.8. The number of aliphatic hydroxyl groups is 1. The Morgan fingerprint density at radius 1 is 0.376 bits per heavy atom. The topological polar surface area (TPSA) is 492 Å². The van der Waals surface area contributed by atoms with Gasteiger partial charge >= 0.3 is 83.6 Å². The number of carbonyl (C=O) groups excluding carboxylic acids is 18. The summed E-state index contributed by atoms with van der Waals surface area (Å²) in [6.07, 6.45) is -16.4. The van der Waals surface area contributed by atoms with Gasteiger partial charge in [-0.25, -0.2) is 0 Å². The fourth-order valence-corrected chi connectivity index (χ4v) is 7.76. The van der Waals surface area contributed by atoms with Gasteiger partial charge in [-0.3, -0.25) is 86.3 Å². The molecule has 582 valence electrons. The van der Waals surface area contributed by atoms with Gasteiger partial charge in [-0.05, 0) is 0 Å². The lowest BCUT2D eigenvalue weighted by atomic mass is 9.92. The van der Waals surface area contributed by atoms with E-state index >= 15 is 0 Å². The number of rotatable bonds is 31. The number of ether oxygens (including phenoxy) is 15. The third-order valence-corrected chi connectivity index (χ3v) is 11.6. The molecule has 1 rings (SSSR count). The average Bonchev–Trinajstić information content (AvgIpc) is 0.802. The lowest BCUT2D eigenvalue weighted by Gasteiger charge is -2.43. The largest absolute Gasteiger partial charge is 0.462 e. The zero-order valence-electron chi connectivity index (χ0n) is 58.6. The van der Waals surface area contributed by atoms with E-state index < -0.39 is 205 Å². The van der Waals surface area contributed by atoms with Crippen molar-refractivity contribution < 1.29 is 162 Å². The minimum Gasteiger partial charge on any atom is -0.462 e. The van der Waals surface area contributed by atoms with Crippen molar-refractivity contribution in [2.45, 2.75) is 262 Å². The van der Waals surface area contributed by atoms with Crippen LogP contribution in [0.25, 0.3) is 0 Å². The molecule has 9 unspecified atom stereocenters. The van der Waals surface area contributed by atoms with Crippen molar-refractivity contribution in [1.29, 1.82) is 0 Å². The number of carbonyl (C=O) groups is 18. The Balaban J connectivity index is -0.000000242. The molecule has 0 aromatic rings. The van der Waals surface area contributed by atoms with Gasteiger partial charge < -0.3 is 81.9 Å². The normalized spacial score (nSPS) is 17.0. The summed E-state index contributed by atoms with van der Waals surface area (Å²) in [4.78, 5) is 210. The first-order chi connectivity index (χ1) is 44.5. The summed E-state index contributed by atoms with van der Waals surface area (Å²) >= 11 is 0. The van der Waals surface area contributed by atoms with Crippen LogP contribution in [-0.4, -0.2) is 205 Å². The first-order valence-corrected chi connectivity index (χ1v) is 29.8.